The third kappa shape index (κ3) is 4.02. The molecule has 27 heavy (non-hydrogen) atoms. The van der Waals surface area contributed by atoms with Gasteiger partial charge in [-0.1, -0.05) is 30.3 Å². The van der Waals surface area contributed by atoms with Gasteiger partial charge in [-0.15, -0.1) is 10.2 Å². The molecule has 0 spiro atoms. The molecule has 9 nitrogen and oxygen atoms in total. The quantitative estimate of drug-likeness (QED) is 0.688. The van der Waals surface area contributed by atoms with Crippen LogP contribution in [-0.4, -0.2) is 53.7 Å². The Morgan fingerprint density at radius 1 is 1.26 bits per heavy atom. The first-order valence-electron chi connectivity index (χ1n) is 8.39. The van der Waals surface area contributed by atoms with Crippen molar-refractivity contribution in [2.24, 2.45) is 0 Å². The molecule has 1 amide bonds. The number of rotatable bonds is 4. The number of nitrogens with zero attached hydrogens (tertiary/aromatic N) is 6. The Morgan fingerprint density at radius 2 is 2.00 bits per heavy atom. The van der Waals surface area contributed by atoms with Crippen molar-refractivity contribution < 1.29 is 14.7 Å². The molecule has 0 unspecified atom stereocenters. The first-order chi connectivity index (χ1) is 13.1. The van der Waals surface area contributed by atoms with Crippen molar-refractivity contribution >= 4 is 12.4 Å². The molecule has 2 aromatic heterocycles. The first-order valence-corrected chi connectivity index (χ1v) is 8.39. The minimum Gasteiger partial charge on any atom is -0.483 e. The largest absolute Gasteiger partial charge is 0.483 e. The van der Waals surface area contributed by atoms with Crippen molar-refractivity contribution in [3.8, 4) is 0 Å². The number of likely N-dealkylation sites (N-methyl/N-ethyl adjacent to an activating group) is 1. The van der Waals surface area contributed by atoms with Gasteiger partial charge in [-0.3, -0.25) is 14.2 Å². The maximum Gasteiger partial charge on any atom is 0.290 e. The maximum atomic E-state index is 12.8. The van der Waals surface area contributed by atoms with Gasteiger partial charge in [0.05, 0.1) is 19.4 Å². The van der Waals surface area contributed by atoms with Gasteiger partial charge in [0.1, 0.15) is 6.04 Å². The fraction of sp³-hybridized carbons (Fsp3) is 0.278. The van der Waals surface area contributed by atoms with E-state index < -0.39 is 0 Å². The number of carboxylic acid groups (broad SMARTS) is 1. The van der Waals surface area contributed by atoms with E-state index in [1.807, 2.05) is 52.7 Å². The molecule has 0 saturated heterocycles. The lowest BCUT2D eigenvalue weighted by Crippen LogP contribution is -2.42. The average molecular weight is 368 g/mol. The molecule has 0 radical (unpaired) electrons. The molecule has 0 saturated carbocycles. The van der Waals surface area contributed by atoms with E-state index in [0.717, 1.165) is 17.2 Å². The summed E-state index contributed by atoms with van der Waals surface area (Å²) in [7, 11) is 1.81. The van der Waals surface area contributed by atoms with Crippen LogP contribution in [0.5, 0.6) is 0 Å². The Bertz CT molecular complexity index is 891. The molecule has 0 aliphatic carbocycles. The van der Waals surface area contributed by atoms with Crippen LogP contribution in [0, 0.1) is 0 Å². The highest BCUT2D eigenvalue weighted by molar-refractivity contribution is 5.81. The number of aromatic nitrogens is 5. The van der Waals surface area contributed by atoms with Crippen LogP contribution in [0.1, 0.15) is 23.3 Å². The number of hydrogen-bond donors (Lipinski definition) is 1. The van der Waals surface area contributed by atoms with Crippen molar-refractivity contribution in [1.82, 2.24) is 29.2 Å². The molecule has 3 heterocycles. The van der Waals surface area contributed by atoms with E-state index in [4.69, 9.17) is 9.90 Å². The van der Waals surface area contributed by atoms with Crippen LogP contribution in [0.2, 0.25) is 0 Å². The van der Waals surface area contributed by atoms with Gasteiger partial charge >= 0.3 is 0 Å². The van der Waals surface area contributed by atoms with Gasteiger partial charge in [0, 0.05) is 25.9 Å². The minimum atomic E-state index is -0.310. The van der Waals surface area contributed by atoms with E-state index in [1.165, 1.54) is 0 Å². The van der Waals surface area contributed by atoms with E-state index in [1.54, 1.807) is 17.4 Å². The van der Waals surface area contributed by atoms with Crippen LogP contribution in [0.15, 0.2) is 49.1 Å². The van der Waals surface area contributed by atoms with Gasteiger partial charge in [0.25, 0.3) is 6.47 Å². The standard InChI is InChI=1S/C17H18N6O.CH2O2/c1-21-10-15-19-20-16(11-22-8-7-18-12-22)23(15)14(17(21)24)9-13-5-3-2-4-6-13;2-1-3/h2-8,12,14H,9-11H2,1H3;1H,(H,2,3)/t14-;/m1./s1. The highest BCUT2D eigenvalue weighted by Gasteiger charge is 2.34. The number of carbonyl (C=O) groups is 2. The molecule has 1 N–H and O–H groups in total. The summed E-state index contributed by atoms with van der Waals surface area (Å²) in [5, 5.41) is 15.5. The highest BCUT2D eigenvalue weighted by atomic mass is 16.3. The lowest BCUT2D eigenvalue weighted by Gasteiger charge is -2.31. The molecule has 9 heteroatoms. The Hall–Kier alpha value is -3.49. The zero-order valence-corrected chi connectivity index (χ0v) is 14.8. The average Bonchev–Trinajstić information content (AvgIpc) is 3.31. The van der Waals surface area contributed by atoms with Gasteiger partial charge in [-0.2, -0.15) is 0 Å². The van der Waals surface area contributed by atoms with Crippen LogP contribution in [0.3, 0.4) is 0 Å². The second kappa shape index (κ2) is 8.26. The number of hydrogen-bond acceptors (Lipinski definition) is 5. The highest BCUT2D eigenvalue weighted by Crippen LogP contribution is 2.26. The molecule has 4 rings (SSSR count). The number of imidazole rings is 1. The van der Waals surface area contributed by atoms with Crippen molar-refractivity contribution in [2.45, 2.75) is 25.6 Å². The van der Waals surface area contributed by atoms with E-state index in [0.29, 0.717) is 19.5 Å². The summed E-state index contributed by atoms with van der Waals surface area (Å²) < 4.78 is 3.93. The van der Waals surface area contributed by atoms with Gasteiger partial charge < -0.3 is 14.6 Å². The Balaban J connectivity index is 0.000000659. The summed E-state index contributed by atoms with van der Waals surface area (Å²) in [5.74, 6) is 1.71. The fourth-order valence-corrected chi connectivity index (χ4v) is 3.15. The zero-order valence-electron chi connectivity index (χ0n) is 14.8. The topological polar surface area (TPSA) is 106 Å². The summed E-state index contributed by atoms with van der Waals surface area (Å²) in [6.07, 6.45) is 5.98. The Kier molecular flexibility index (Phi) is 5.60. The molecule has 0 bridgehead atoms. The number of carbonyl (C=O) groups excluding carboxylic acids is 1. The summed E-state index contributed by atoms with van der Waals surface area (Å²) in [6.45, 7) is 0.788. The van der Waals surface area contributed by atoms with Gasteiger partial charge in [0.2, 0.25) is 5.91 Å². The molecule has 1 aliphatic heterocycles. The van der Waals surface area contributed by atoms with Crippen molar-refractivity contribution in [2.75, 3.05) is 7.05 Å². The van der Waals surface area contributed by atoms with Gasteiger partial charge in [-0.25, -0.2) is 4.98 Å². The van der Waals surface area contributed by atoms with Crippen LogP contribution >= 0.6 is 0 Å². The third-order valence-electron chi connectivity index (χ3n) is 4.34. The SMILES string of the molecule is CN1Cc2nnc(Cn3ccnc3)n2[C@H](Cc2ccccc2)C1=O.O=CO. The maximum absolute atomic E-state index is 12.8. The smallest absolute Gasteiger partial charge is 0.290 e. The third-order valence-corrected chi connectivity index (χ3v) is 4.34. The zero-order chi connectivity index (χ0) is 19.2. The van der Waals surface area contributed by atoms with Crippen LogP contribution in [-0.2, 0) is 29.1 Å². The summed E-state index contributed by atoms with van der Waals surface area (Å²) in [5.41, 5.74) is 1.12. The number of amides is 1. The van der Waals surface area contributed by atoms with Gasteiger partial charge in [0.15, 0.2) is 11.6 Å². The molecule has 3 aromatic rings. The minimum absolute atomic E-state index is 0.0954. The van der Waals surface area contributed by atoms with E-state index >= 15 is 0 Å². The van der Waals surface area contributed by atoms with E-state index in [-0.39, 0.29) is 18.4 Å². The van der Waals surface area contributed by atoms with E-state index in [9.17, 15) is 4.79 Å². The summed E-state index contributed by atoms with van der Waals surface area (Å²) in [6, 6.07) is 9.74. The lowest BCUT2D eigenvalue weighted by atomic mass is 10.0. The van der Waals surface area contributed by atoms with Crippen molar-refractivity contribution in [1.29, 1.82) is 0 Å². The molecule has 1 atom stereocenters. The predicted molar refractivity (Wildman–Crippen MR) is 95.7 cm³/mol. The fourth-order valence-electron chi connectivity index (χ4n) is 3.15. The van der Waals surface area contributed by atoms with Crippen molar-refractivity contribution in [3.05, 3.63) is 66.3 Å². The first kappa shape index (κ1) is 18.3. The van der Waals surface area contributed by atoms with Crippen LogP contribution in [0.4, 0.5) is 0 Å². The number of benzene rings is 1. The molecular formula is C18H20N6O3. The summed E-state index contributed by atoms with van der Waals surface area (Å²) in [4.78, 5) is 26.9. The predicted octanol–water partition coefficient (Wildman–Crippen LogP) is 0.979. The molecule has 1 aromatic carbocycles. The lowest BCUT2D eigenvalue weighted by molar-refractivity contribution is -0.136. The summed E-state index contributed by atoms with van der Waals surface area (Å²) >= 11 is 0. The monoisotopic (exact) mass is 368 g/mol. The molecule has 1 aliphatic rings. The second-order valence-electron chi connectivity index (χ2n) is 6.14. The van der Waals surface area contributed by atoms with Crippen LogP contribution in [0.25, 0.3) is 0 Å². The second-order valence-corrected chi connectivity index (χ2v) is 6.14. The van der Waals surface area contributed by atoms with Crippen LogP contribution < -0.4 is 0 Å². The van der Waals surface area contributed by atoms with Gasteiger partial charge in [-0.05, 0) is 5.56 Å². The normalized spacial score (nSPS) is 15.7. The van der Waals surface area contributed by atoms with E-state index in [2.05, 4.69) is 15.2 Å². The number of fused-ring (bicyclic) bond motifs is 1. The Labute approximate surface area is 155 Å². The molecule has 0 fully saturated rings. The molecule has 140 valence electrons. The Morgan fingerprint density at radius 3 is 2.67 bits per heavy atom. The molecular weight excluding hydrogens is 348 g/mol. The van der Waals surface area contributed by atoms with Crippen molar-refractivity contribution in [3.63, 3.8) is 0 Å².